The molecule has 0 unspecified atom stereocenters. The highest BCUT2D eigenvalue weighted by atomic mass is 32.1. The molecule has 0 bridgehead atoms. The van der Waals surface area contributed by atoms with E-state index >= 15 is 0 Å². The first-order valence-corrected chi connectivity index (χ1v) is 8.68. The van der Waals surface area contributed by atoms with Gasteiger partial charge in [-0.05, 0) is 37.0 Å². The zero-order valence-corrected chi connectivity index (χ0v) is 14.3. The van der Waals surface area contributed by atoms with Crippen LogP contribution in [0.2, 0.25) is 0 Å². The predicted octanol–water partition coefficient (Wildman–Crippen LogP) is 4.10. The quantitative estimate of drug-likeness (QED) is 0.767. The maximum absolute atomic E-state index is 5.51. The highest BCUT2D eigenvalue weighted by molar-refractivity contribution is 7.71. The molecule has 2 N–H and O–H groups in total. The van der Waals surface area contributed by atoms with E-state index in [1.165, 1.54) is 36.9 Å². The lowest BCUT2D eigenvalue weighted by Gasteiger charge is -2.36. The van der Waals surface area contributed by atoms with Gasteiger partial charge in [-0.1, -0.05) is 33.0 Å². The van der Waals surface area contributed by atoms with Crippen molar-refractivity contribution in [1.29, 1.82) is 0 Å². The van der Waals surface area contributed by atoms with Crippen molar-refractivity contribution in [3.63, 3.8) is 0 Å². The van der Waals surface area contributed by atoms with Crippen LogP contribution in [-0.4, -0.2) is 16.5 Å². The van der Waals surface area contributed by atoms with Crippen molar-refractivity contribution in [3.05, 3.63) is 21.7 Å². The SMILES string of the molecule is CC(C)(C)C1CCC(c2nc(=S)c3c([nH]2)CCNC3)CC1. The second-order valence-electron chi connectivity index (χ2n) is 7.73. The molecule has 21 heavy (non-hydrogen) atoms. The smallest absolute Gasteiger partial charge is 0.134 e. The van der Waals surface area contributed by atoms with Gasteiger partial charge in [0.25, 0.3) is 0 Å². The average Bonchev–Trinajstić information content (AvgIpc) is 2.46. The van der Waals surface area contributed by atoms with Crippen LogP contribution < -0.4 is 5.32 Å². The fourth-order valence-electron chi connectivity index (χ4n) is 3.81. The molecule has 1 fully saturated rings. The third-order valence-electron chi connectivity index (χ3n) is 5.32. The first-order valence-electron chi connectivity index (χ1n) is 8.28. The van der Waals surface area contributed by atoms with Gasteiger partial charge >= 0.3 is 0 Å². The zero-order chi connectivity index (χ0) is 15.0. The summed E-state index contributed by atoms with van der Waals surface area (Å²) in [6.07, 6.45) is 6.17. The summed E-state index contributed by atoms with van der Waals surface area (Å²) < 4.78 is 0.809. The highest BCUT2D eigenvalue weighted by Gasteiger charge is 2.31. The molecule has 0 aromatic carbocycles. The summed E-state index contributed by atoms with van der Waals surface area (Å²) >= 11 is 5.51. The molecule has 3 nitrogen and oxygen atoms in total. The number of fused-ring (bicyclic) bond motifs is 1. The molecule has 4 heteroatoms. The molecule has 1 aliphatic carbocycles. The Bertz CT molecular complexity index is 562. The van der Waals surface area contributed by atoms with Gasteiger partial charge < -0.3 is 10.3 Å². The van der Waals surface area contributed by atoms with Crippen molar-refractivity contribution in [3.8, 4) is 0 Å². The van der Waals surface area contributed by atoms with Gasteiger partial charge in [0.1, 0.15) is 10.5 Å². The van der Waals surface area contributed by atoms with Gasteiger partial charge in [-0.3, -0.25) is 0 Å². The van der Waals surface area contributed by atoms with Crippen LogP contribution in [0, 0.1) is 16.0 Å². The van der Waals surface area contributed by atoms with Gasteiger partial charge in [-0.15, -0.1) is 0 Å². The van der Waals surface area contributed by atoms with Crippen molar-refractivity contribution in [2.75, 3.05) is 6.54 Å². The molecule has 0 amide bonds. The molecule has 1 saturated carbocycles. The number of rotatable bonds is 1. The van der Waals surface area contributed by atoms with E-state index in [0.717, 1.165) is 35.9 Å². The van der Waals surface area contributed by atoms with Gasteiger partial charge in [0.2, 0.25) is 0 Å². The zero-order valence-electron chi connectivity index (χ0n) is 13.5. The molecule has 1 aromatic heterocycles. The summed E-state index contributed by atoms with van der Waals surface area (Å²) in [6, 6.07) is 0. The van der Waals surface area contributed by atoms with Crippen LogP contribution in [-0.2, 0) is 13.0 Å². The lowest BCUT2D eigenvalue weighted by molar-refractivity contribution is 0.167. The Morgan fingerprint density at radius 3 is 2.52 bits per heavy atom. The van der Waals surface area contributed by atoms with Crippen LogP contribution >= 0.6 is 12.2 Å². The molecule has 2 heterocycles. The van der Waals surface area contributed by atoms with E-state index in [-0.39, 0.29) is 0 Å². The standard InChI is InChI=1S/C17H27N3S/c1-17(2,3)12-6-4-11(5-7-12)15-19-14-8-9-18-10-13(14)16(21)20-15/h11-12,18H,4-10H2,1-3H3,(H,19,20,21). The molecular weight excluding hydrogens is 278 g/mol. The first-order chi connectivity index (χ1) is 9.95. The lowest BCUT2D eigenvalue weighted by atomic mass is 9.69. The van der Waals surface area contributed by atoms with Crippen molar-refractivity contribution < 1.29 is 0 Å². The molecule has 1 aliphatic heterocycles. The van der Waals surface area contributed by atoms with Crippen LogP contribution in [0.5, 0.6) is 0 Å². The minimum absolute atomic E-state index is 0.437. The number of nitrogens with one attached hydrogen (secondary N) is 2. The minimum Gasteiger partial charge on any atom is -0.347 e. The van der Waals surface area contributed by atoms with Gasteiger partial charge in [0.05, 0.1) is 0 Å². The normalized spacial score (nSPS) is 26.4. The molecule has 116 valence electrons. The predicted molar refractivity (Wildman–Crippen MR) is 89.0 cm³/mol. The largest absolute Gasteiger partial charge is 0.347 e. The summed E-state index contributed by atoms with van der Waals surface area (Å²) in [7, 11) is 0. The second-order valence-corrected chi connectivity index (χ2v) is 8.11. The van der Waals surface area contributed by atoms with Crippen LogP contribution in [0.1, 0.15) is 69.5 Å². The summed E-state index contributed by atoms with van der Waals surface area (Å²) in [5.41, 5.74) is 2.97. The molecule has 3 rings (SSSR count). The average molecular weight is 305 g/mol. The molecular formula is C17H27N3S. The van der Waals surface area contributed by atoms with Gasteiger partial charge in [-0.2, -0.15) is 0 Å². The number of aromatic amines is 1. The van der Waals surface area contributed by atoms with Crippen LogP contribution in [0.3, 0.4) is 0 Å². The van der Waals surface area contributed by atoms with Gasteiger partial charge in [-0.25, -0.2) is 4.98 Å². The highest BCUT2D eigenvalue weighted by Crippen LogP contribution is 2.42. The molecule has 0 radical (unpaired) electrons. The molecule has 0 spiro atoms. The van der Waals surface area contributed by atoms with E-state index in [1.807, 2.05) is 0 Å². The van der Waals surface area contributed by atoms with Crippen LogP contribution in [0.15, 0.2) is 0 Å². The number of nitrogens with zero attached hydrogens (tertiary/aromatic N) is 1. The topological polar surface area (TPSA) is 40.7 Å². The Morgan fingerprint density at radius 2 is 1.86 bits per heavy atom. The van der Waals surface area contributed by atoms with E-state index in [0.29, 0.717) is 11.3 Å². The van der Waals surface area contributed by atoms with Crippen LogP contribution in [0.25, 0.3) is 0 Å². The first kappa shape index (κ1) is 15.2. The van der Waals surface area contributed by atoms with E-state index in [9.17, 15) is 0 Å². The molecule has 1 aromatic rings. The molecule has 0 atom stereocenters. The lowest BCUT2D eigenvalue weighted by Crippen LogP contribution is -2.28. The van der Waals surface area contributed by atoms with Crippen LogP contribution in [0.4, 0.5) is 0 Å². The second kappa shape index (κ2) is 5.81. The summed E-state index contributed by atoms with van der Waals surface area (Å²) in [4.78, 5) is 8.33. The fourth-order valence-corrected chi connectivity index (χ4v) is 4.11. The van der Waals surface area contributed by atoms with E-state index in [4.69, 9.17) is 17.2 Å². The van der Waals surface area contributed by atoms with Crippen molar-refractivity contribution in [2.45, 2.75) is 65.3 Å². The number of hydrogen-bond acceptors (Lipinski definition) is 3. The van der Waals surface area contributed by atoms with Gasteiger partial charge in [0, 0.05) is 36.7 Å². The molecule has 2 aliphatic rings. The number of hydrogen-bond donors (Lipinski definition) is 2. The Morgan fingerprint density at radius 1 is 1.14 bits per heavy atom. The Hall–Kier alpha value is -0.740. The van der Waals surface area contributed by atoms with E-state index in [1.54, 1.807) is 0 Å². The minimum atomic E-state index is 0.437. The van der Waals surface area contributed by atoms with Crippen molar-refractivity contribution in [1.82, 2.24) is 15.3 Å². The monoisotopic (exact) mass is 305 g/mol. The Kier molecular flexibility index (Phi) is 4.19. The number of H-pyrrole nitrogens is 1. The maximum atomic E-state index is 5.51. The Labute approximate surface area is 133 Å². The van der Waals surface area contributed by atoms with E-state index < -0.39 is 0 Å². The number of aromatic nitrogens is 2. The van der Waals surface area contributed by atoms with Crippen molar-refractivity contribution >= 4 is 12.2 Å². The Balaban J connectivity index is 1.77. The molecule has 0 saturated heterocycles. The maximum Gasteiger partial charge on any atom is 0.134 e. The summed E-state index contributed by atoms with van der Waals surface area (Å²) in [5.74, 6) is 2.57. The summed E-state index contributed by atoms with van der Waals surface area (Å²) in [6.45, 7) is 9.02. The van der Waals surface area contributed by atoms with Crippen molar-refractivity contribution in [2.24, 2.45) is 11.3 Å². The third kappa shape index (κ3) is 3.21. The van der Waals surface area contributed by atoms with E-state index in [2.05, 4.69) is 31.1 Å². The third-order valence-corrected chi connectivity index (χ3v) is 5.65. The van der Waals surface area contributed by atoms with Gasteiger partial charge in [0.15, 0.2) is 0 Å². The summed E-state index contributed by atoms with van der Waals surface area (Å²) in [5, 5.41) is 3.38. The fraction of sp³-hybridized carbons (Fsp3) is 0.765.